The van der Waals surface area contributed by atoms with Gasteiger partial charge in [0.05, 0.1) is 12.0 Å². The molecule has 0 spiro atoms. The lowest BCUT2D eigenvalue weighted by atomic mass is 10.00. The summed E-state index contributed by atoms with van der Waals surface area (Å²) in [7, 11) is 1.35. The number of amides is 1. The Morgan fingerprint density at radius 1 is 1.50 bits per heavy atom. The van der Waals surface area contributed by atoms with Crippen LogP contribution in [-0.4, -0.2) is 36.6 Å². The normalized spacial score (nSPS) is 20.6. The number of nitrogens with one attached hydrogen (secondary N) is 2. The van der Waals surface area contributed by atoms with Gasteiger partial charge in [-0.05, 0) is 32.4 Å². The first-order valence-corrected chi connectivity index (χ1v) is 6.88. The predicted molar refractivity (Wildman–Crippen MR) is 84.8 cm³/mol. The minimum absolute atomic E-state index is 0. The van der Waals surface area contributed by atoms with E-state index in [1.54, 1.807) is 0 Å². The highest BCUT2D eigenvalue weighted by Crippen LogP contribution is 2.27. The van der Waals surface area contributed by atoms with Crippen molar-refractivity contribution in [1.29, 1.82) is 0 Å². The van der Waals surface area contributed by atoms with Gasteiger partial charge in [-0.3, -0.25) is 14.9 Å². The Hall–Kier alpha value is -1.86. The summed E-state index contributed by atoms with van der Waals surface area (Å²) in [6.07, 6.45) is 1.75. The van der Waals surface area contributed by atoms with Crippen LogP contribution in [0.3, 0.4) is 0 Å². The molecule has 22 heavy (non-hydrogen) atoms. The summed E-state index contributed by atoms with van der Waals surface area (Å²) in [5, 5.41) is 17.1. The Kier molecular flexibility index (Phi) is 6.58. The molecule has 1 fully saturated rings. The van der Waals surface area contributed by atoms with Crippen LogP contribution in [0.4, 0.5) is 5.69 Å². The Balaban J connectivity index is 0.00000242. The minimum Gasteiger partial charge on any atom is -0.490 e. The number of nitrogens with zero attached hydrogens (tertiary/aromatic N) is 1. The smallest absolute Gasteiger partial charge is 0.310 e. The summed E-state index contributed by atoms with van der Waals surface area (Å²) in [5.74, 6) is -0.145. The van der Waals surface area contributed by atoms with Gasteiger partial charge in [0.1, 0.15) is 0 Å². The van der Waals surface area contributed by atoms with Crippen LogP contribution < -0.4 is 15.4 Å². The van der Waals surface area contributed by atoms with Crippen molar-refractivity contribution in [2.75, 3.05) is 13.7 Å². The van der Waals surface area contributed by atoms with Gasteiger partial charge in [-0.15, -0.1) is 12.4 Å². The fourth-order valence-corrected chi connectivity index (χ4v) is 2.50. The van der Waals surface area contributed by atoms with Gasteiger partial charge in [0.25, 0.3) is 5.91 Å². The SMILES string of the molecule is COc1cc(C(=O)NC2CCNC(C)C2)ccc1[N+](=O)[O-].Cl. The van der Waals surface area contributed by atoms with Crippen LogP contribution in [0.1, 0.15) is 30.1 Å². The standard InChI is InChI=1S/C14H19N3O4.ClH/c1-9-7-11(5-6-15-9)16-14(18)10-3-4-12(17(19)20)13(8-10)21-2;/h3-4,8-9,11,15H,5-7H2,1-2H3,(H,16,18);1H. The van der Waals surface area contributed by atoms with E-state index in [4.69, 9.17) is 4.74 Å². The lowest BCUT2D eigenvalue weighted by Gasteiger charge is -2.28. The first kappa shape index (κ1) is 18.2. The highest BCUT2D eigenvalue weighted by molar-refractivity contribution is 5.95. The number of nitro groups is 1. The molecule has 2 rings (SSSR count). The molecule has 7 nitrogen and oxygen atoms in total. The first-order chi connectivity index (χ1) is 10.0. The van der Waals surface area contributed by atoms with Crippen molar-refractivity contribution < 1.29 is 14.5 Å². The third-order valence-corrected chi connectivity index (χ3v) is 3.60. The molecule has 0 radical (unpaired) electrons. The monoisotopic (exact) mass is 329 g/mol. The average Bonchev–Trinajstić information content (AvgIpc) is 2.46. The van der Waals surface area contributed by atoms with Crippen molar-refractivity contribution in [2.24, 2.45) is 0 Å². The zero-order valence-electron chi connectivity index (χ0n) is 12.5. The molecule has 1 aliphatic rings. The number of halogens is 1. The third kappa shape index (κ3) is 4.32. The molecule has 122 valence electrons. The average molecular weight is 330 g/mol. The number of nitro benzene ring substituents is 1. The van der Waals surface area contributed by atoms with E-state index in [9.17, 15) is 14.9 Å². The van der Waals surface area contributed by atoms with Gasteiger partial charge < -0.3 is 15.4 Å². The van der Waals surface area contributed by atoms with E-state index in [0.717, 1.165) is 19.4 Å². The van der Waals surface area contributed by atoms with Gasteiger partial charge in [-0.1, -0.05) is 0 Å². The first-order valence-electron chi connectivity index (χ1n) is 6.88. The third-order valence-electron chi connectivity index (χ3n) is 3.60. The Morgan fingerprint density at radius 2 is 2.23 bits per heavy atom. The molecular weight excluding hydrogens is 310 g/mol. The molecule has 2 unspecified atom stereocenters. The van der Waals surface area contributed by atoms with Crippen molar-refractivity contribution in [1.82, 2.24) is 10.6 Å². The van der Waals surface area contributed by atoms with Crippen molar-refractivity contribution in [3.8, 4) is 5.75 Å². The summed E-state index contributed by atoms with van der Waals surface area (Å²) in [6, 6.07) is 4.63. The second-order valence-electron chi connectivity index (χ2n) is 5.19. The lowest BCUT2D eigenvalue weighted by Crippen LogP contribution is -2.46. The van der Waals surface area contributed by atoms with Crippen LogP contribution in [0, 0.1) is 10.1 Å². The van der Waals surface area contributed by atoms with Gasteiger partial charge in [0.15, 0.2) is 5.75 Å². The molecule has 1 aromatic carbocycles. The summed E-state index contributed by atoms with van der Waals surface area (Å²) in [5.41, 5.74) is 0.216. The number of hydrogen-bond donors (Lipinski definition) is 2. The molecule has 1 aliphatic heterocycles. The van der Waals surface area contributed by atoms with Gasteiger partial charge in [-0.2, -0.15) is 0 Å². The van der Waals surface area contributed by atoms with E-state index in [-0.39, 0.29) is 35.8 Å². The fourth-order valence-electron chi connectivity index (χ4n) is 2.50. The van der Waals surface area contributed by atoms with E-state index in [1.807, 2.05) is 0 Å². The number of carbonyl (C=O) groups excluding carboxylic acids is 1. The molecule has 1 saturated heterocycles. The Labute approximate surface area is 135 Å². The molecule has 1 heterocycles. The number of rotatable bonds is 4. The highest BCUT2D eigenvalue weighted by atomic mass is 35.5. The zero-order chi connectivity index (χ0) is 15.4. The quantitative estimate of drug-likeness (QED) is 0.650. The van der Waals surface area contributed by atoms with Crippen molar-refractivity contribution >= 4 is 24.0 Å². The summed E-state index contributed by atoms with van der Waals surface area (Å²) >= 11 is 0. The van der Waals surface area contributed by atoms with E-state index in [2.05, 4.69) is 17.6 Å². The Morgan fingerprint density at radius 3 is 2.82 bits per heavy atom. The number of methoxy groups -OCH3 is 1. The van der Waals surface area contributed by atoms with E-state index in [0.29, 0.717) is 11.6 Å². The number of ether oxygens (including phenoxy) is 1. The molecular formula is C14H20ClN3O4. The van der Waals surface area contributed by atoms with E-state index in [1.165, 1.54) is 25.3 Å². The molecule has 0 saturated carbocycles. The summed E-state index contributed by atoms with van der Waals surface area (Å²) in [4.78, 5) is 22.5. The molecule has 0 aliphatic carbocycles. The molecule has 0 bridgehead atoms. The lowest BCUT2D eigenvalue weighted by molar-refractivity contribution is -0.385. The maximum atomic E-state index is 12.2. The molecule has 1 amide bonds. The maximum absolute atomic E-state index is 12.2. The second kappa shape index (κ2) is 7.95. The summed E-state index contributed by atoms with van der Waals surface area (Å²) in [6.45, 7) is 2.95. The fraction of sp³-hybridized carbons (Fsp3) is 0.500. The van der Waals surface area contributed by atoms with Crippen LogP contribution in [0.2, 0.25) is 0 Å². The van der Waals surface area contributed by atoms with Gasteiger partial charge >= 0.3 is 5.69 Å². The largest absolute Gasteiger partial charge is 0.490 e. The van der Waals surface area contributed by atoms with Crippen molar-refractivity contribution in [2.45, 2.75) is 31.8 Å². The van der Waals surface area contributed by atoms with Crippen LogP contribution in [-0.2, 0) is 0 Å². The van der Waals surface area contributed by atoms with Gasteiger partial charge in [-0.25, -0.2) is 0 Å². The topological polar surface area (TPSA) is 93.5 Å². The van der Waals surface area contributed by atoms with E-state index >= 15 is 0 Å². The molecule has 1 aromatic rings. The molecule has 2 atom stereocenters. The van der Waals surface area contributed by atoms with Crippen molar-refractivity contribution in [3.63, 3.8) is 0 Å². The number of benzene rings is 1. The number of carbonyl (C=O) groups is 1. The van der Waals surface area contributed by atoms with Crippen molar-refractivity contribution in [3.05, 3.63) is 33.9 Å². The number of hydrogen-bond acceptors (Lipinski definition) is 5. The van der Waals surface area contributed by atoms with Crippen LogP contribution in [0.15, 0.2) is 18.2 Å². The molecule has 0 aromatic heterocycles. The predicted octanol–water partition coefficient (Wildman–Crippen LogP) is 1.90. The zero-order valence-corrected chi connectivity index (χ0v) is 13.3. The Bertz CT molecular complexity index is 553. The van der Waals surface area contributed by atoms with Crippen LogP contribution in [0.5, 0.6) is 5.75 Å². The second-order valence-corrected chi connectivity index (χ2v) is 5.19. The molecule has 8 heteroatoms. The van der Waals surface area contributed by atoms with E-state index < -0.39 is 4.92 Å². The molecule has 2 N–H and O–H groups in total. The number of piperidine rings is 1. The van der Waals surface area contributed by atoms with Gasteiger partial charge in [0.2, 0.25) is 0 Å². The minimum atomic E-state index is -0.533. The van der Waals surface area contributed by atoms with Crippen LogP contribution >= 0.6 is 12.4 Å². The summed E-state index contributed by atoms with van der Waals surface area (Å²) < 4.78 is 4.97. The van der Waals surface area contributed by atoms with Crippen LogP contribution in [0.25, 0.3) is 0 Å². The maximum Gasteiger partial charge on any atom is 0.310 e. The van der Waals surface area contributed by atoms with Gasteiger partial charge in [0, 0.05) is 29.8 Å². The highest BCUT2D eigenvalue weighted by Gasteiger charge is 2.22.